The van der Waals surface area contributed by atoms with Gasteiger partial charge in [-0.1, -0.05) is 25.1 Å². The molecule has 0 bridgehead atoms. The minimum atomic E-state index is -0.548. The number of carbonyl (C=O) groups is 2. The highest BCUT2D eigenvalue weighted by Crippen LogP contribution is 2.21. The van der Waals surface area contributed by atoms with Crippen LogP contribution in [0.5, 0.6) is 5.75 Å². The van der Waals surface area contributed by atoms with Crippen LogP contribution in [-0.4, -0.2) is 25.6 Å². The minimum absolute atomic E-state index is 0.331. The Bertz CT molecular complexity index is 723. The van der Waals surface area contributed by atoms with Gasteiger partial charge in [-0.3, -0.25) is 4.79 Å². The standard InChI is InChI=1S/C19H21NO4/c1-4-14-7-5-6-13(2)18(14)20-17(21)12-24-19(22)15-8-10-16(23-3)11-9-15/h5-11H,4,12H2,1-3H3,(H,20,21). The zero-order valence-electron chi connectivity index (χ0n) is 14.1. The summed E-state index contributed by atoms with van der Waals surface area (Å²) in [6, 6.07) is 12.4. The molecule has 1 N–H and O–H groups in total. The number of hydrogen-bond donors (Lipinski definition) is 1. The second kappa shape index (κ2) is 8.15. The van der Waals surface area contributed by atoms with Gasteiger partial charge in [-0.25, -0.2) is 4.79 Å². The van der Waals surface area contributed by atoms with Gasteiger partial charge in [0.15, 0.2) is 6.61 Å². The highest BCUT2D eigenvalue weighted by atomic mass is 16.5. The fourth-order valence-electron chi connectivity index (χ4n) is 2.32. The third-order valence-corrected chi connectivity index (χ3v) is 3.66. The first kappa shape index (κ1) is 17.5. The molecule has 0 aromatic heterocycles. The summed E-state index contributed by atoms with van der Waals surface area (Å²) in [5.41, 5.74) is 3.17. The number of carbonyl (C=O) groups excluding carboxylic acids is 2. The van der Waals surface area contributed by atoms with Crippen LogP contribution >= 0.6 is 0 Å². The monoisotopic (exact) mass is 327 g/mol. The molecular formula is C19H21NO4. The third kappa shape index (κ3) is 4.35. The molecule has 24 heavy (non-hydrogen) atoms. The summed E-state index contributed by atoms with van der Waals surface area (Å²) in [7, 11) is 1.55. The molecule has 0 radical (unpaired) electrons. The van der Waals surface area contributed by atoms with E-state index in [2.05, 4.69) is 5.32 Å². The Morgan fingerprint density at radius 2 is 1.79 bits per heavy atom. The Kier molecular flexibility index (Phi) is 5.95. The zero-order chi connectivity index (χ0) is 17.5. The van der Waals surface area contributed by atoms with Crippen LogP contribution in [0.3, 0.4) is 0 Å². The van der Waals surface area contributed by atoms with Crippen molar-refractivity contribution in [3.8, 4) is 5.75 Å². The Labute approximate surface area is 141 Å². The number of anilines is 1. The SMILES string of the molecule is CCc1cccc(C)c1NC(=O)COC(=O)c1ccc(OC)cc1. The predicted molar refractivity (Wildman–Crippen MR) is 92.5 cm³/mol. The molecule has 0 fully saturated rings. The lowest BCUT2D eigenvalue weighted by atomic mass is 10.1. The van der Waals surface area contributed by atoms with Gasteiger partial charge in [-0.2, -0.15) is 0 Å². The van der Waals surface area contributed by atoms with Gasteiger partial charge in [0.05, 0.1) is 12.7 Å². The van der Waals surface area contributed by atoms with Crippen molar-refractivity contribution in [3.63, 3.8) is 0 Å². The van der Waals surface area contributed by atoms with Gasteiger partial charge in [-0.15, -0.1) is 0 Å². The molecule has 0 aliphatic heterocycles. The lowest BCUT2D eigenvalue weighted by Gasteiger charge is -2.13. The van der Waals surface area contributed by atoms with E-state index in [0.29, 0.717) is 11.3 Å². The topological polar surface area (TPSA) is 64.6 Å². The minimum Gasteiger partial charge on any atom is -0.497 e. The van der Waals surface area contributed by atoms with Gasteiger partial charge in [0.2, 0.25) is 0 Å². The van der Waals surface area contributed by atoms with Gasteiger partial charge < -0.3 is 14.8 Å². The molecule has 2 rings (SSSR count). The summed E-state index contributed by atoms with van der Waals surface area (Å²) in [6.07, 6.45) is 0.808. The molecule has 126 valence electrons. The first-order valence-corrected chi connectivity index (χ1v) is 7.74. The van der Waals surface area contributed by atoms with E-state index < -0.39 is 5.97 Å². The number of ether oxygens (including phenoxy) is 2. The van der Waals surface area contributed by atoms with Crippen molar-refractivity contribution in [1.82, 2.24) is 0 Å². The molecule has 0 unspecified atom stereocenters. The van der Waals surface area contributed by atoms with Crippen LogP contribution in [0.15, 0.2) is 42.5 Å². The molecule has 0 saturated heterocycles. The molecule has 0 aliphatic rings. The second-order valence-electron chi connectivity index (χ2n) is 5.32. The molecule has 1 amide bonds. The Balaban J connectivity index is 1.94. The quantitative estimate of drug-likeness (QED) is 0.826. The van der Waals surface area contributed by atoms with Crippen molar-refractivity contribution in [2.75, 3.05) is 19.0 Å². The van der Waals surface area contributed by atoms with E-state index >= 15 is 0 Å². The Morgan fingerprint density at radius 3 is 2.42 bits per heavy atom. The van der Waals surface area contributed by atoms with Crippen molar-refractivity contribution in [2.24, 2.45) is 0 Å². The van der Waals surface area contributed by atoms with Crippen LogP contribution in [0.1, 0.15) is 28.4 Å². The molecule has 5 nitrogen and oxygen atoms in total. The van der Waals surface area contributed by atoms with Crippen molar-refractivity contribution >= 4 is 17.6 Å². The molecule has 0 aliphatic carbocycles. The third-order valence-electron chi connectivity index (χ3n) is 3.66. The number of amides is 1. The van der Waals surface area contributed by atoms with Gasteiger partial charge in [0.25, 0.3) is 5.91 Å². The smallest absolute Gasteiger partial charge is 0.338 e. The molecular weight excluding hydrogens is 306 g/mol. The second-order valence-corrected chi connectivity index (χ2v) is 5.32. The van der Waals surface area contributed by atoms with E-state index in [9.17, 15) is 9.59 Å². The summed E-state index contributed by atoms with van der Waals surface area (Å²) in [5, 5.41) is 2.82. The lowest BCUT2D eigenvalue weighted by molar-refractivity contribution is -0.119. The number of hydrogen-bond acceptors (Lipinski definition) is 4. The number of rotatable bonds is 6. The largest absolute Gasteiger partial charge is 0.497 e. The number of nitrogens with one attached hydrogen (secondary N) is 1. The van der Waals surface area contributed by atoms with E-state index in [-0.39, 0.29) is 12.5 Å². The average molecular weight is 327 g/mol. The first-order chi connectivity index (χ1) is 11.5. The lowest BCUT2D eigenvalue weighted by Crippen LogP contribution is -2.22. The fourth-order valence-corrected chi connectivity index (χ4v) is 2.32. The number of aryl methyl sites for hydroxylation is 2. The Morgan fingerprint density at radius 1 is 1.08 bits per heavy atom. The van der Waals surface area contributed by atoms with Crippen molar-refractivity contribution in [1.29, 1.82) is 0 Å². The maximum absolute atomic E-state index is 12.1. The predicted octanol–water partition coefficient (Wildman–Crippen LogP) is 3.36. The van der Waals surface area contributed by atoms with Crippen LogP contribution < -0.4 is 10.1 Å². The number of benzene rings is 2. The van der Waals surface area contributed by atoms with Crippen molar-refractivity contribution < 1.29 is 19.1 Å². The van der Waals surface area contributed by atoms with Gasteiger partial charge in [0.1, 0.15) is 5.75 Å². The van der Waals surface area contributed by atoms with E-state index in [1.165, 1.54) is 0 Å². The van der Waals surface area contributed by atoms with E-state index in [0.717, 1.165) is 23.2 Å². The molecule has 2 aromatic carbocycles. The number of esters is 1. The molecule has 5 heteroatoms. The van der Waals surface area contributed by atoms with Crippen LogP contribution in [-0.2, 0) is 16.0 Å². The summed E-state index contributed by atoms with van der Waals surface area (Å²) >= 11 is 0. The number of para-hydroxylation sites is 1. The van der Waals surface area contributed by atoms with Gasteiger partial charge >= 0.3 is 5.97 Å². The normalized spacial score (nSPS) is 10.1. The summed E-state index contributed by atoms with van der Waals surface area (Å²) in [6.45, 7) is 3.62. The van der Waals surface area contributed by atoms with Crippen LogP contribution in [0.4, 0.5) is 5.69 Å². The van der Waals surface area contributed by atoms with E-state index in [4.69, 9.17) is 9.47 Å². The van der Waals surface area contributed by atoms with Gasteiger partial charge in [-0.05, 0) is 48.7 Å². The van der Waals surface area contributed by atoms with Crippen molar-refractivity contribution in [2.45, 2.75) is 20.3 Å². The highest BCUT2D eigenvalue weighted by molar-refractivity contribution is 5.96. The van der Waals surface area contributed by atoms with Crippen LogP contribution in [0.2, 0.25) is 0 Å². The van der Waals surface area contributed by atoms with Crippen molar-refractivity contribution in [3.05, 3.63) is 59.2 Å². The molecule has 0 atom stereocenters. The highest BCUT2D eigenvalue weighted by Gasteiger charge is 2.12. The van der Waals surface area contributed by atoms with E-state index in [1.54, 1.807) is 31.4 Å². The molecule has 2 aromatic rings. The zero-order valence-corrected chi connectivity index (χ0v) is 14.1. The Hall–Kier alpha value is -2.82. The summed E-state index contributed by atoms with van der Waals surface area (Å²) in [5.74, 6) is -0.259. The van der Waals surface area contributed by atoms with Gasteiger partial charge in [0, 0.05) is 5.69 Å². The number of methoxy groups -OCH3 is 1. The van der Waals surface area contributed by atoms with Crippen LogP contribution in [0.25, 0.3) is 0 Å². The molecule has 0 heterocycles. The maximum atomic E-state index is 12.1. The summed E-state index contributed by atoms with van der Waals surface area (Å²) < 4.78 is 10.1. The molecule has 0 spiro atoms. The van der Waals surface area contributed by atoms with Crippen LogP contribution in [0, 0.1) is 6.92 Å². The average Bonchev–Trinajstić information content (AvgIpc) is 2.61. The van der Waals surface area contributed by atoms with E-state index in [1.807, 2.05) is 32.0 Å². The summed E-state index contributed by atoms with van der Waals surface area (Å²) in [4.78, 5) is 24.0. The maximum Gasteiger partial charge on any atom is 0.338 e. The molecule has 0 saturated carbocycles. The first-order valence-electron chi connectivity index (χ1n) is 7.74. The fraction of sp³-hybridized carbons (Fsp3) is 0.263.